The van der Waals surface area contributed by atoms with Crippen LogP contribution in [-0.2, 0) is 10.0 Å². The highest BCUT2D eigenvalue weighted by molar-refractivity contribution is 7.93. The number of fused-ring (bicyclic) bond motifs is 1. The predicted octanol–water partition coefficient (Wildman–Crippen LogP) is 3.59. The van der Waals surface area contributed by atoms with Crippen LogP contribution in [-0.4, -0.2) is 18.3 Å². The molecule has 0 fully saturated rings. The summed E-state index contributed by atoms with van der Waals surface area (Å²) in [4.78, 5) is 13.6. The van der Waals surface area contributed by atoms with Crippen LogP contribution in [0.15, 0.2) is 35.2 Å². The summed E-state index contributed by atoms with van der Waals surface area (Å²) in [7, 11) is -4.19. The molecule has 1 aromatic heterocycles. The van der Waals surface area contributed by atoms with Gasteiger partial charge in [-0.2, -0.15) is 0 Å². The number of halogens is 2. The van der Waals surface area contributed by atoms with Gasteiger partial charge in [-0.15, -0.1) is 0 Å². The van der Waals surface area contributed by atoms with Crippen LogP contribution in [0.3, 0.4) is 0 Å². The van der Waals surface area contributed by atoms with Gasteiger partial charge in [-0.25, -0.2) is 22.2 Å². The summed E-state index contributed by atoms with van der Waals surface area (Å²) in [6, 6.07) is 5.09. The zero-order chi connectivity index (χ0) is 18.4. The second-order valence-electron chi connectivity index (χ2n) is 5.07. The maximum absolute atomic E-state index is 13.7. The molecule has 1 N–H and O–H groups in total. The summed E-state index contributed by atoms with van der Waals surface area (Å²) >= 11 is 0.748. The van der Waals surface area contributed by atoms with Gasteiger partial charge in [0.25, 0.3) is 15.7 Å². The first kappa shape index (κ1) is 17.2. The number of sulfonamides is 1. The van der Waals surface area contributed by atoms with Gasteiger partial charge in [0.15, 0.2) is 10.9 Å². The Labute approximate surface area is 144 Å². The first-order chi connectivity index (χ1) is 11.7. The van der Waals surface area contributed by atoms with Crippen LogP contribution in [0.2, 0.25) is 0 Å². The van der Waals surface area contributed by atoms with E-state index in [4.69, 9.17) is 0 Å². The lowest BCUT2D eigenvalue weighted by Gasteiger charge is -2.07. The molecule has 0 aliphatic rings. The molecule has 0 unspecified atom stereocenters. The van der Waals surface area contributed by atoms with Gasteiger partial charge in [-0.05, 0) is 18.6 Å². The summed E-state index contributed by atoms with van der Waals surface area (Å²) in [5, 5.41) is 10.7. The van der Waals surface area contributed by atoms with Gasteiger partial charge in [0.2, 0.25) is 0 Å². The van der Waals surface area contributed by atoms with Crippen LogP contribution in [0.4, 0.5) is 19.6 Å². The number of hydrogen-bond acceptors (Lipinski definition) is 6. The second-order valence-corrected chi connectivity index (χ2v) is 7.75. The van der Waals surface area contributed by atoms with Crippen molar-refractivity contribution in [1.29, 1.82) is 0 Å². The fraction of sp³-hybridized carbons (Fsp3) is 0.0714. The minimum Gasteiger partial charge on any atom is -0.258 e. The van der Waals surface area contributed by atoms with E-state index in [9.17, 15) is 27.3 Å². The quantitative estimate of drug-likeness (QED) is 0.546. The molecule has 25 heavy (non-hydrogen) atoms. The Morgan fingerprint density at radius 1 is 1.24 bits per heavy atom. The van der Waals surface area contributed by atoms with Crippen LogP contribution in [0, 0.1) is 28.7 Å². The van der Waals surface area contributed by atoms with Gasteiger partial charge in [0.1, 0.15) is 11.3 Å². The number of hydrogen-bond donors (Lipinski definition) is 1. The van der Waals surface area contributed by atoms with Gasteiger partial charge >= 0.3 is 0 Å². The van der Waals surface area contributed by atoms with E-state index in [1.165, 1.54) is 19.1 Å². The lowest BCUT2D eigenvalue weighted by Crippen LogP contribution is -2.14. The zero-order valence-electron chi connectivity index (χ0n) is 12.5. The van der Waals surface area contributed by atoms with E-state index in [0.29, 0.717) is 6.07 Å². The second kappa shape index (κ2) is 6.01. The summed E-state index contributed by atoms with van der Waals surface area (Å²) < 4.78 is 54.2. The Morgan fingerprint density at radius 2 is 1.96 bits per heavy atom. The first-order valence-corrected chi connectivity index (χ1v) is 9.01. The summed E-state index contributed by atoms with van der Waals surface area (Å²) in [6.45, 7) is 1.48. The third kappa shape index (κ3) is 3.28. The first-order valence-electron chi connectivity index (χ1n) is 6.71. The normalized spacial score (nSPS) is 11.6. The van der Waals surface area contributed by atoms with Gasteiger partial charge in [0, 0.05) is 18.2 Å². The van der Waals surface area contributed by atoms with Crippen LogP contribution < -0.4 is 4.72 Å². The maximum Gasteiger partial charge on any atom is 0.270 e. The molecule has 3 aromatic rings. The molecule has 0 radical (unpaired) electrons. The molecular formula is C14H9F2N3O4S2. The fourth-order valence-corrected chi connectivity index (χ4v) is 4.57. The molecule has 130 valence electrons. The van der Waals surface area contributed by atoms with Crippen molar-refractivity contribution >= 4 is 42.4 Å². The largest absolute Gasteiger partial charge is 0.270 e. The third-order valence-electron chi connectivity index (χ3n) is 3.31. The van der Waals surface area contributed by atoms with E-state index in [-0.39, 0.29) is 31.5 Å². The number of aryl methyl sites for hydroxylation is 1. The molecule has 0 spiro atoms. The highest BCUT2D eigenvalue weighted by Crippen LogP contribution is 2.31. The molecule has 0 atom stereocenters. The molecule has 0 saturated carbocycles. The smallest absolute Gasteiger partial charge is 0.258 e. The monoisotopic (exact) mass is 385 g/mol. The Bertz CT molecular complexity index is 1110. The predicted molar refractivity (Wildman–Crippen MR) is 88.2 cm³/mol. The number of nitro groups is 1. The number of nitro benzene ring substituents is 1. The SMILES string of the molecule is Cc1ccc([N+](=O)[O-])cc1S(=O)(=O)Nc1nc2c(F)cc(F)cc2s1. The average Bonchev–Trinajstić information content (AvgIpc) is 2.89. The maximum atomic E-state index is 13.7. The van der Waals surface area contributed by atoms with Crippen molar-refractivity contribution in [3.05, 3.63) is 57.6 Å². The van der Waals surface area contributed by atoms with E-state index < -0.39 is 26.6 Å². The molecule has 0 aliphatic carbocycles. The fourth-order valence-electron chi connectivity index (χ4n) is 2.16. The molecule has 7 nitrogen and oxygen atoms in total. The van der Waals surface area contributed by atoms with Crippen LogP contribution in [0.25, 0.3) is 10.2 Å². The molecule has 11 heteroatoms. The number of aromatic nitrogens is 1. The minimum absolute atomic E-state index is 0.131. The number of rotatable bonds is 4. The van der Waals surface area contributed by atoms with Crippen LogP contribution in [0.5, 0.6) is 0 Å². The third-order valence-corrected chi connectivity index (χ3v) is 5.83. The van der Waals surface area contributed by atoms with Crippen molar-refractivity contribution in [2.24, 2.45) is 0 Å². The van der Waals surface area contributed by atoms with Crippen molar-refractivity contribution in [3.63, 3.8) is 0 Å². The lowest BCUT2D eigenvalue weighted by atomic mass is 10.2. The molecule has 0 saturated heterocycles. The van der Waals surface area contributed by atoms with Crippen molar-refractivity contribution in [2.45, 2.75) is 11.8 Å². The summed E-state index contributed by atoms with van der Waals surface area (Å²) in [5.41, 5.74) is -0.264. The standard InChI is InChI=1S/C14H9F2N3O4S2/c1-7-2-3-9(19(20)21)6-12(7)25(22,23)18-14-17-13-10(16)4-8(15)5-11(13)24-14/h2-6H,1H3,(H,17,18). The number of nitrogens with one attached hydrogen (secondary N) is 1. The molecule has 2 aromatic carbocycles. The van der Waals surface area contributed by atoms with Crippen molar-refractivity contribution < 1.29 is 22.1 Å². The minimum atomic E-state index is -4.19. The van der Waals surface area contributed by atoms with E-state index in [1.807, 2.05) is 0 Å². The summed E-state index contributed by atoms with van der Waals surface area (Å²) in [5.74, 6) is -1.72. The highest BCUT2D eigenvalue weighted by Gasteiger charge is 2.22. The lowest BCUT2D eigenvalue weighted by molar-refractivity contribution is -0.385. The van der Waals surface area contributed by atoms with Crippen molar-refractivity contribution in [1.82, 2.24) is 4.98 Å². The Kier molecular flexibility index (Phi) is 4.13. The highest BCUT2D eigenvalue weighted by atomic mass is 32.2. The van der Waals surface area contributed by atoms with E-state index in [2.05, 4.69) is 9.71 Å². The van der Waals surface area contributed by atoms with Gasteiger partial charge in [-0.3, -0.25) is 14.8 Å². The molecule has 0 aliphatic heterocycles. The van der Waals surface area contributed by atoms with Crippen LogP contribution >= 0.6 is 11.3 Å². The Morgan fingerprint density at radius 3 is 2.64 bits per heavy atom. The number of nitrogens with zero attached hydrogens (tertiary/aromatic N) is 2. The van der Waals surface area contributed by atoms with E-state index in [1.54, 1.807) is 0 Å². The van der Waals surface area contributed by atoms with Gasteiger partial charge in [-0.1, -0.05) is 17.4 Å². The number of benzene rings is 2. The van der Waals surface area contributed by atoms with E-state index in [0.717, 1.165) is 23.5 Å². The van der Waals surface area contributed by atoms with Gasteiger partial charge in [0.05, 0.1) is 14.5 Å². The van der Waals surface area contributed by atoms with E-state index >= 15 is 0 Å². The molecular weight excluding hydrogens is 376 g/mol. The molecule has 0 amide bonds. The van der Waals surface area contributed by atoms with Crippen molar-refractivity contribution in [2.75, 3.05) is 4.72 Å². The Hall–Kier alpha value is -2.66. The van der Waals surface area contributed by atoms with Crippen molar-refractivity contribution in [3.8, 4) is 0 Å². The number of anilines is 1. The van der Waals surface area contributed by atoms with Gasteiger partial charge < -0.3 is 0 Å². The molecule has 3 rings (SSSR count). The van der Waals surface area contributed by atoms with Crippen LogP contribution in [0.1, 0.15) is 5.56 Å². The number of non-ortho nitro benzene ring substituents is 1. The average molecular weight is 385 g/mol. The number of thiazole rings is 1. The Balaban J connectivity index is 2.04. The topological polar surface area (TPSA) is 102 Å². The summed E-state index contributed by atoms with van der Waals surface area (Å²) in [6.07, 6.45) is 0. The molecule has 1 heterocycles. The zero-order valence-corrected chi connectivity index (χ0v) is 14.1. The molecule has 0 bridgehead atoms.